The Bertz CT molecular complexity index is 776. The SMILES string of the molecule is O=C(O)Cc1ccccc1OCc1csc2ccccc12. The topological polar surface area (TPSA) is 46.5 Å². The zero-order valence-electron chi connectivity index (χ0n) is 11.3. The first-order valence-electron chi connectivity index (χ1n) is 6.61. The number of fused-ring (bicyclic) bond motifs is 1. The monoisotopic (exact) mass is 298 g/mol. The number of hydrogen-bond donors (Lipinski definition) is 1. The average molecular weight is 298 g/mol. The summed E-state index contributed by atoms with van der Waals surface area (Å²) in [7, 11) is 0. The van der Waals surface area contributed by atoms with Crippen molar-refractivity contribution < 1.29 is 14.6 Å². The lowest BCUT2D eigenvalue weighted by Crippen LogP contribution is -2.03. The second-order valence-corrected chi connectivity index (χ2v) is 5.64. The van der Waals surface area contributed by atoms with Gasteiger partial charge in [0.15, 0.2) is 0 Å². The van der Waals surface area contributed by atoms with E-state index in [0.717, 1.165) is 5.56 Å². The first kappa shape index (κ1) is 13.6. The Balaban J connectivity index is 1.80. The molecular weight excluding hydrogens is 284 g/mol. The molecule has 0 amide bonds. The molecule has 2 aromatic carbocycles. The van der Waals surface area contributed by atoms with Crippen molar-refractivity contribution in [3.05, 3.63) is 65.0 Å². The third-order valence-corrected chi connectivity index (χ3v) is 4.27. The number of rotatable bonds is 5. The Morgan fingerprint density at radius 1 is 1.05 bits per heavy atom. The molecule has 0 aliphatic carbocycles. The number of aliphatic carboxylic acids is 1. The molecule has 3 rings (SSSR count). The van der Waals surface area contributed by atoms with Gasteiger partial charge in [-0.15, -0.1) is 11.3 Å². The Morgan fingerprint density at radius 2 is 1.81 bits per heavy atom. The van der Waals surface area contributed by atoms with E-state index in [1.807, 2.05) is 30.3 Å². The molecule has 4 heteroatoms. The van der Waals surface area contributed by atoms with Crippen molar-refractivity contribution >= 4 is 27.4 Å². The Kier molecular flexibility index (Phi) is 3.88. The summed E-state index contributed by atoms with van der Waals surface area (Å²) in [5, 5.41) is 12.2. The fourth-order valence-corrected chi connectivity index (χ4v) is 3.20. The maximum Gasteiger partial charge on any atom is 0.307 e. The van der Waals surface area contributed by atoms with E-state index in [1.54, 1.807) is 17.4 Å². The highest BCUT2D eigenvalue weighted by Crippen LogP contribution is 2.27. The minimum Gasteiger partial charge on any atom is -0.489 e. The third-order valence-electron chi connectivity index (χ3n) is 3.26. The van der Waals surface area contributed by atoms with Crippen LogP contribution >= 0.6 is 11.3 Å². The second-order valence-electron chi connectivity index (χ2n) is 4.72. The molecule has 0 spiro atoms. The van der Waals surface area contributed by atoms with E-state index >= 15 is 0 Å². The molecule has 1 heterocycles. The van der Waals surface area contributed by atoms with Crippen LogP contribution in [0.4, 0.5) is 0 Å². The molecule has 0 bridgehead atoms. The fourth-order valence-electron chi connectivity index (χ4n) is 2.25. The van der Waals surface area contributed by atoms with E-state index < -0.39 is 5.97 Å². The number of carbonyl (C=O) groups is 1. The molecule has 3 aromatic rings. The molecule has 0 aliphatic rings. The molecule has 0 aliphatic heterocycles. The van der Waals surface area contributed by atoms with E-state index in [1.165, 1.54) is 10.1 Å². The normalized spacial score (nSPS) is 10.7. The van der Waals surface area contributed by atoms with Crippen molar-refractivity contribution in [1.29, 1.82) is 0 Å². The lowest BCUT2D eigenvalue weighted by atomic mass is 10.1. The molecule has 0 saturated heterocycles. The molecule has 3 nitrogen and oxygen atoms in total. The Morgan fingerprint density at radius 3 is 2.67 bits per heavy atom. The van der Waals surface area contributed by atoms with Crippen LogP contribution in [0.1, 0.15) is 11.1 Å². The summed E-state index contributed by atoms with van der Waals surface area (Å²) in [6, 6.07) is 15.5. The molecule has 21 heavy (non-hydrogen) atoms. The van der Waals surface area contributed by atoms with Gasteiger partial charge in [-0.05, 0) is 22.9 Å². The van der Waals surface area contributed by atoms with Gasteiger partial charge in [0, 0.05) is 15.8 Å². The molecule has 0 saturated carbocycles. The van der Waals surface area contributed by atoms with Gasteiger partial charge in [-0.1, -0.05) is 36.4 Å². The predicted molar refractivity (Wildman–Crippen MR) is 83.9 cm³/mol. The van der Waals surface area contributed by atoms with Gasteiger partial charge in [0.2, 0.25) is 0 Å². The van der Waals surface area contributed by atoms with Crippen LogP contribution in [-0.2, 0) is 17.8 Å². The lowest BCUT2D eigenvalue weighted by molar-refractivity contribution is -0.136. The smallest absolute Gasteiger partial charge is 0.307 e. The fraction of sp³-hybridized carbons (Fsp3) is 0.118. The number of carboxylic acid groups (broad SMARTS) is 1. The van der Waals surface area contributed by atoms with Gasteiger partial charge < -0.3 is 9.84 Å². The second kappa shape index (κ2) is 5.97. The highest BCUT2D eigenvalue weighted by molar-refractivity contribution is 7.17. The van der Waals surface area contributed by atoms with E-state index in [4.69, 9.17) is 9.84 Å². The van der Waals surface area contributed by atoms with Gasteiger partial charge in [-0.3, -0.25) is 4.79 Å². The van der Waals surface area contributed by atoms with Gasteiger partial charge in [0.05, 0.1) is 6.42 Å². The standard InChI is InChI=1S/C17H14O3S/c18-17(19)9-12-5-1-3-7-15(12)20-10-13-11-21-16-8-4-2-6-14(13)16/h1-8,11H,9-10H2,(H,18,19). The van der Waals surface area contributed by atoms with Crippen LogP contribution in [0.2, 0.25) is 0 Å². The summed E-state index contributed by atoms with van der Waals surface area (Å²) < 4.78 is 7.07. The van der Waals surface area contributed by atoms with Crippen molar-refractivity contribution in [1.82, 2.24) is 0 Å². The van der Waals surface area contributed by atoms with Crippen LogP contribution in [0.5, 0.6) is 5.75 Å². The molecule has 0 unspecified atom stereocenters. The summed E-state index contributed by atoms with van der Waals surface area (Å²) >= 11 is 1.69. The number of ether oxygens (including phenoxy) is 1. The molecule has 0 fully saturated rings. The average Bonchev–Trinajstić information content (AvgIpc) is 2.89. The quantitative estimate of drug-likeness (QED) is 0.771. The minimum absolute atomic E-state index is 0.0272. The zero-order chi connectivity index (χ0) is 14.7. The minimum atomic E-state index is -0.855. The van der Waals surface area contributed by atoms with Crippen LogP contribution < -0.4 is 4.74 Å². The summed E-state index contributed by atoms with van der Waals surface area (Å²) in [5.74, 6) is -0.220. The van der Waals surface area contributed by atoms with Crippen LogP contribution in [0, 0.1) is 0 Å². The van der Waals surface area contributed by atoms with Crippen molar-refractivity contribution in [2.24, 2.45) is 0 Å². The van der Waals surface area contributed by atoms with Crippen molar-refractivity contribution in [2.45, 2.75) is 13.0 Å². The van der Waals surface area contributed by atoms with Gasteiger partial charge in [-0.25, -0.2) is 0 Å². The van der Waals surface area contributed by atoms with Crippen molar-refractivity contribution in [3.63, 3.8) is 0 Å². The maximum absolute atomic E-state index is 10.9. The van der Waals surface area contributed by atoms with Gasteiger partial charge in [-0.2, -0.15) is 0 Å². The number of carboxylic acids is 1. The largest absolute Gasteiger partial charge is 0.489 e. The van der Waals surface area contributed by atoms with E-state index in [-0.39, 0.29) is 6.42 Å². The van der Waals surface area contributed by atoms with Crippen LogP contribution in [-0.4, -0.2) is 11.1 Å². The van der Waals surface area contributed by atoms with Crippen molar-refractivity contribution in [2.75, 3.05) is 0 Å². The van der Waals surface area contributed by atoms with Gasteiger partial charge in [0.1, 0.15) is 12.4 Å². The Hall–Kier alpha value is -2.33. The highest BCUT2D eigenvalue weighted by Gasteiger charge is 2.09. The summed E-state index contributed by atoms with van der Waals surface area (Å²) in [6.07, 6.45) is -0.0272. The maximum atomic E-state index is 10.9. The molecule has 0 radical (unpaired) electrons. The number of para-hydroxylation sites is 1. The zero-order valence-corrected chi connectivity index (χ0v) is 12.1. The molecule has 1 aromatic heterocycles. The van der Waals surface area contributed by atoms with Crippen LogP contribution in [0.25, 0.3) is 10.1 Å². The summed E-state index contributed by atoms with van der Waals surface area (Å²) in [5.41, 5.74) is 1.82. The third kappa shape index (κ3) is 3.06. The summed E-state index contributed by atoms with van der Waals surface area (Å²) in [6.45, 7) is 0.445. The van der Waals surface area contributed by atoms with E-state index in [2.05, 4.69) is 17.5 Å². The summed E-state index contributed by atoms with van der Waals surface area (Å²) in [4.78, 5) is 10.9. The number of benzene rings is 2. The highest BCUT2D eigenvalue weighted by atomic mass is 32.1. The predicted octanol–water partition coefficient (Wildman–Crippen LogP) is 4.11. The first-order chi connectivity index (χ1) is 10.2. The van der Waals surface area contributed by atoms with Gasteiger partial charge in [0.25, 0.3) is 0 Å². The Labute approximate surface area is 126 Å². The van der Waals surface area contributed by atoms with Crippen LogP contribution in [0.3, 0.4) is 0 Å². The lowest BCUT2D eigenvalue weighted by Gasteiger charge is -2.09. The number of hydrogen-bond acceptors (Lipinski definition) is 3. The van der Waals surface area contributed by atoms with E-state index in [0.29, 0.717) is 17.9 Å². The number of thiophene rings is 1. The van der Waals surface area contributed by atoms with Crippen LogP contribution in [0.15, 0.2) is 53.9 Å². The van der Waals surface area contributed by atoms with Gasteiger partial charge >= 0.3 is 5.97 Å². The molecule has 1 N–H and O–H groups in total. The van der Waals surface area contributed by atoms with E-state index in [9.17, 15) is 4.79 Å². The first-order valence-corrected chi connectivity index (χ1v) is 7.49. The molecular formula is C17H14O3S. The van der Waals surface area contributed by atoms with Crippen molar-refractivity contribution in [3.8, 4) is 5.75 Å². The molecule has 106 valence electrons. The molecule has 0 atom stereocenters.